The average Bonchev–Trinajstić information content (AvgIpc) is 3.11. The Morgan fingerprint density at radius 2 is 2.08 bits per heavy atom. The molecule has 0 aliphatic heterocycles. The monoisotopic (exact) mass is 336 g/mol. The number of anilines is 1. The Bertz CT molecular complexity index is 504. The van der Waals surface area contributed by atoms with Crippen molar-refractivity contribution in [1.29, 1.82) is 0 Å². The molecule has 6 nitrogen and oxygen atoms in total. The predicted octanol–water partition coefficient (Wildman–Crippen LogP) is 2.20. The van der Waals surface area contributed by atoms with Crippen LogP contribution < -0.4 is 15.4 Å². The number of carbonyl (C=O) groups excluding carboxylic acids is 1. The van der Waals surface area contributed by atoms with Gasteiger partial charge in [-0.3, -0.25) is 4.79 Å². The summed E-state index contributed by atoms with van der Waals surface area (Å²) in [7, 11) is 3.15. The molecule has 1 aromatic rings. The van der Waals surface area contributed by atoms with E-state index in [2.05, 4.69) is 10.6 Å². The largest absolute Gasteiger partial charge is 0.497 e. The van der Waals surface area contributed by atoms with E-state index < -0.39 is 6.10 Å². The van der Waals surface area contributed by atoms with Crippen molar-refractivity contribution in [3.63, 3.8) is 0 Å². The topological polar surface area (TPSA) is 68.8 Å². The molecule has 1 aromatic carbocycles. The summed E-state index contributed by atoms with van der Waals surface area (Å²) in [4.78, 5) is 12.4. The molecule has 1 fully saturated rings. The van der Waals surface area contributed by atoms with Crippen molar-refractivity contribution in [1.82, 2.24) is 5.32 Å². The van der Waals surface area contributed by atoms with Crippen LogP contribution in [0.2, 0.25) is 0 Å². The highest BCUT2D eigenvalue weighted by Crippen LogP contribution is 2.18. The number of amides is 1. The minimum Gasteiger partial charge on any atom is -0.497 e. The van der Waals surface area contributed by atoms with Gasteiger partial charge in [-0.2, -0.15) is 0 Å². The van der Waals surface area contributed by atoms with Crippen LogP contribution in [0.1, 0.15) is 25.7 Å². The van der Waals surface area contributed by atoms with E-state index in [9.17, 15) is 4.79 Å². The summed E-state index contributed by atoms with van der Waals surface area (Å²) in [6.45, 7) is 1.45. The number of carbonyl (C=O) groups is 1. The maximum atomic E-state index is 12.4. The van der Waals surface area contributed by atoms with Gasteiger partial charge in [0.1, 0.15) is 5.75 Å². The second-order valence-electron chi connectivity index (χ2n) is 5.97. The number of hydrogen-bond donors (Lipinski definition) is 2. The lowest BCUT2D eigenvalue weighted by Gasteiger charge is -2.18. The Labute approximate surface area is 143 Å². The molecule has 0 heterocycles. The maximum Gasteiger partial charge on any atom is 0.255 e. The molecule has 2 N–H and O–H groups in total. The molecule has 134 valence electrons. The normalized spacial score (nSPS) is 16.1. The molecule has 1 saturated carbocycles. The Balaban J connectivity index is 1.78. The highest BCUT2D eigenvalue weighted by molar-refractivity contribution is 5.94. The Kier molecular flexibility index (Phi) is 8.01. The van der Waals surface area contributed by atoms with Crippen LogP contribution in [-0.2, 0) is 14.3 Å². The second-order valence-corrected chi connectivity index (χ2v) is 5.97. The van der Waals surface area contributed by atoms with Gasteiger partial charge in [0.2, 0.25) is 0 Å². The molecule has 1 aliphatic rings. The number of hydrogen-bond acceptors (Lipinski definition) is 5. The number of methoxy groups -OCH3 is 2. The lowest BCUT2D eigenvalue weighted by Crippen LogP contribution is -2.37. The first-order valence-electron chi connectivity index (χ1n) is 8.51. The van der Waals surface area contributed by atoms with Crippen molar-refractivity contribution in [3.8, 4) is 5.75 Å². The molecule has 24 heavy (non-hydrogen) atoms. The lowest BCUT2D eigenvalue weighted by molar-refractivity contribution is -0.130. The third kappa shape index (κ3) is 6.11. The van der Waals surface area contributed by atoms with Gasteiger partial charge in [-0.1, -0.05) is 18.9 Å². The highest BCUT2D eigenvalue weighted by atomic mass is 16.5. The first kappa shape index (κ1) is 18.7. The van der Waals surface area contributed by atoms with Crippen LogP contribution in [0.25, 0.3) is 0 Å². The van der Waals surface area contributed by atoms with E-state index in [4.69, 9.17) is 14.2 Å². The molecule has 0 bridgehead atoms. The van der Waals surface area contributed by atoms with Crippen LogP contribution in [-0.4, -0.2) is 52.0 Å². The number of nitrogens with one attached hydrogen (secondary N) is 2. The summed E-state index contributed by atoms with van der Waals surface area (Å²) in [6.07, 6.45) is 4.43. The van der Waals surface area contributed by atoms with Crippen LogP contribution >= 0.6 is 0 Å². The fourth-order valence-electron chi connectivity index (χ4n) is 2.87. The quantitative estimate of drug-likeness (QED) is 0.641. The summed E-state index contributed by atoms with van der Waals surface area (Å²) < 4.78 is 16.0. The maximum absolute atomic E-state index is 12.4. The van der Waals surface area contributed by atoms with Crippen LogP contribution in [0.3, 0.4) is 0 Å². The molecule has 1 unspecified atom stereocenters. The molecule has 1 aliphatic carbocycles. The highest BCUT2D eigenvalue weighted by Gasteiger charge is 2.20. The second kappa shape index (κ2) is 10.3. The van der Waals surface area contributed by atoms with Gasteiger partial charge >= 0.3 is 0 Å². The summed E-state index contributed by atoms with van der Waals surface area (Å²) in [5.41, 5.74) is 0.674. The van der Waals surface area contributed by atoms with Crippen molar-refractivity contribution in [3.05, 3.63) is 24.3 Å². The van der Waals surface area contributed by atoms with Gasteiger partial charge in [-0.15, -0.1) is 0 Å². The Morgan fingerprint density at radius 1 is 1.29 bits per heavy atom. The fraction of sp³-hybridized carbons (Fsp3) is 0.611. The van der Waals surface area contributed by atoms with Crippen molar-refractivity contribution in [2.45, 2.75) is 37.8 Å². The van der Waals surface area contributed by atoms with Crippen LogP contribution in [0.15, 0.2) is 24.3 Å². The third-order valence-corrected chi connectivity index (χ3v) is 4.16. The van der Waals surface area contributed by atoms with E-state index >= 15 is 0 Å². The fourth-order valence-corrected chi connectivity index (χ4v) is 2.87. The predicted molar refractivity (Wildman–Crippen MR) is 93.5 cm³/mol. The molecular weight excluding hydrogens is 308 g/mol. The number of ether oxygens (including phenoxy) is 3. The van der Waals surface area contributed by atoms with Gasteiger partial charge in [0, 0.05) is 31.5 Å². The van der Waals surface area contributed by atoms with Crippen LogP contribution in [0.4, 0.5) is 5.69 Å². The van der Waals surface area contributed by atoms with Gasteiger partial charge in [0.15, 0.2) is 6.10 Å². The van der Waals surface area contributed by atoms with E-state index in [0.29, 0.717) is 24.1 Å². The number of rotatable bonds is 10. The lowest BCUT2D eigenvalue weighted by atomic mass is 10.2. The minimum absolute atomic E-state index is 0.217. The zero-order valence-electron chi connectivity index (χ0n) is 14.5. The zero-order chi connectivity index (χ0) is 17.2. The van der Waals surface area contributed by atoms with E-state index in [0.717, 1.165) is 6.54 Å². The van der Waals surface area contributed by atoms with Crippen molar-refractivity contribution >= 4 is 11.6 Å². The average molecular weight is 336 g/mol. The van der Waals surface area contributed by atoms with Crippen LogP contribution in [0.5, 0.6) is 5.75 Å². The molecular formula is C18H28N2O4. The van der Waals surface area contributed by atoms with Crippen LogP contribution in [0, 0.1) is 0 Å². The molecule has 0 aromatic heterocycles. The van der Waals surface area contributed by atoms with Gasteiger partial charge in [0.25, 0.3) is 5.91 Å². The summed E-state index contributed by atoms with van der Waals surface area (Å²) in [5.74, 6) is 0.476. The number of benzene rings is 1. The molecule has 2 rings (SSSR count). The van der Waals surface area contributed by atoms with Crippen molar-refractivity contribution < 1.29 is 19.0 Å². The first-order chi connectivity index (χ1) is 11.7. The summed E-state index contributed by atoms with van der Waals surface area (Å²) in [6, 6.07) is 7.83. The van der Waals surface area contributed by atoms with E-state index in [1.165, 1.54) is 25.7 Å². The SMILES string of the molecule is COCC(OCCNC1CCCC1)C(=O)Nc1cccc(OC)c1. The standard InChI is InChI=1S/C18H28N2O4/c1-22-13-17(24-11-10-19-14-6-3-4-7-14)18(21)20-15-8-5-9-16(12-15)23-2/h5,8-9,12,14,17,19H,3-4,6-7,10-11,13H2,1-2H3,(H,20,21). The molecule has 0 saturated heterocycles. The van der Waals surface area contributed by atoms with E-state index in [1.54, 1.807) is 20.3 Å². The molecule has 6 heteroatoms. The summed E-state index contributed by atoms with van der Waals surface area (Å²) >= 11 is 0. The summed E-state index contributed by atoms with van der Waals surface area (Å²) in [5, 5.41) is 6.31. The van der Waals surface area contributed by atoms with Gasteiger partial charge in [-0.05, 0) is 25.0 Å². The Morgan fingerprint density at radius 3 is 2.79 bits per heavy atom. The smallest absolute Gasteiger partial charge is 0.255 e. The Hall–Kier alpha value is -1.63. The van der Waals surface area contributed by atoms with Crippen molar-refractivity contribution in [2.75, 3.05) is 39.3 Å². The van der Waals surface area contributed by atoms with Gasteiger partial charge in [0.05, 0.1) is 20.3 Å². The minimum atomic E-state index is -0.633. The van der Waals surface area contributed by atoms with Gasteiger partial charge in [-0.25, -0.2) is 0 Å². The molecule has 0 spiro atoms. The zero-order valence-corrected chi connectivity index (χ0v) is 14.5. The molecule has 0 radical (unpaired) electrons. The van der Waals surface area contributed by atoms with Gasteiger partial charge < -0.3 is 24.8 Å². The molecule has 1 atom stereocenters. The third-order valence-electron chi connectivity index (χ3n) is 4.16. The molecule has 1 amide bonds. The van der Waals surface area contributed by atoms with E-state index in [1.807, 2.05) is 18.2 Å². The first-order valence-corrected chi connectivity index (χ1v) is 8.51. The van der Waals surface area contributed by atoms with Crippen molar-refractivity contribution in [2.24, 2.45) is 0 Å². The van der Waals surface area contributed by atoms with E-state index in [-0.39, 0.29) is 12.5 Å².